The third-order valence-corrected chi connectivity index (χ3v) is 3.97. The number of allylic oxidation sites excluding steroid dienone is 2. The van der Waals surface area contributed by atoms with E-state index in [0.717, 1.165) is 11.4 Å². The Morgan fingerprint density at radius 1 is 1.14 bits per heavy atom. The first-order valence-corrected chi connectivity index (χ1v) is 7.58. The fraction of sp³-hybridized carbons (Fsp3) is 0.250. The number of aryl methyl sites for hydroxylation is 1. The number of anilines is 1. The summed E-state index contributed by atoms with van der Waals surface area (Å²) in [5.74, 6) is 0.272. The molecular weight excluding hydrogens is 268 g/mol. The molecule has 2 aromatic carbocycles. The molecule has 2 rings (SSSR count). The molecule has 2 N–H and O–H groups in total. The quantitative estimate of drug-likeness (QED) is 0.634. The van der Waals surface area contributed by atoms with Crippen molar-refractivity contribution < 1.29 is 0 Å². The summed E-state index contributed by atoms with van der Waals surface area (Å²) in [7, 11) is 1.86. The third kappa shape index (κ3) is 3.85. The third-order valence-electron chi connectivity index (χ3n) is 3.97. The molecule has 0 aliphatic rings. The Balaban J connectivity index is 2.28. The van der Waals surface area contributed by atoms with E-state index in [9.17, 15) is 0 Å². The van der Waals surface area contributed by atoms with Gasteiger partial charge in [-0.1, -0.05) is 48.9 Å². The summed E-state index contributed by atoms with van der Waals surface area (Å²) in [4.78, 5) is 4.49. The normalized spacial score (nSPS) is 14.0. The van der Waals surface area contributed by atoms with E-state index in [1.807, 2.05) is 31.3 Å². The van der Waals surface area contributed by atoms with Crippen LogP contribution < -0.4 is 5.73 Å². The van der Waals surface area contributed by atoms with Crippen LogP contribution in [-0.2, 0) is 0 Å². The largest absolute Gasteiger partial charge is 0.399 e. The maximum atomic E-state index is 5.75. The molecule has 0 heterocycles. The van der Waals surface area contributed by atoms with Gasteiger partial charge in [-0.3, -0.25) is 4.99 Å². The lowest BCUT2D eigenvalue weighted by atomic mass is 9.92. The molecule has 0 bridgehead atoms. The predicted octanol–water partition coefficient (Wildman–Crippen LogP) is 4.86. The van der Waals surface area contributed by atoms with E-state index in [4.69, 9.17) is 5.73 Å². The number of benzene rings is 2. The van der Waals surface area contributed by atoms with Gasteiger partial charge in [-0.05, 0) is 48.8 Å². The standard InChI is InChI=1S/C20H24N2/c1-14-6-5-7-18(12-14)16(3)20(22-4)13-15(2)17-8-10-19(21)11-9-17/h5-13,16H,21H2,1-4H3/b15-13+,22-20?. The first-order valence-electron chi connectivity index (χ1n) is 7.58. The zero-order valence-corrected chi connectivity index (χ0v) is 13.8. The number of hydrogen-bond donors (Lipinski definition) is 1. The maximum absolute atomic E-state index is 5.75. The van der Waals surface area contributed by atoms with Crippen LogP contribution in [0.25, 0.3) is 5.57 Å². The molecule has 0 aliphatic carbocycles. The highest BCUT2D eigenvalue weighted by atomic mass is 14.7. The molecule has 0 aliphatic heterocycles. The van der Waals surface area contributed by atoms with Crippen molar-refractivity contribution in [1.82, 2.24) is 0 Å². The van der Waals surface area contributed by atoms with Gasteiger partial charge in [0.1, 0.15) is 0 Å². The second-order valence-corrected chi connectivity index (χ2v) is 5.73. The summed E-state index contributed by atoms with van der Waals surface area (Å²) in [5, 5.41) is 0. The van der Waals surface area contributed by atoms with Gasteiger partial charge in [-0.25, -0.2) is 0 Å². The number of aliphatic imine (C=N–C) groups is 1. The van der Waals surface area contributed by atoms with E-state index in [2.05, 4.69) is 56.1 Å². The maximum Gasteiger partial charge on any atom is 0.0419 e. The van der Waals surface area contributed by atoms with Gasteiger partial charge in [0.05, 0.1) is 0 Å². The Labute approximate surface area is 133 Å². The van der Waals surface area contributed by atoms with Crippen LogP contribution in [0.3, 0.4) is 0 Å². The molecule has 1 atom stereocenters. The van der Waals surface area contributed by atoms with E-state index >= 15 is 0 Å². The monoisotopic (exact) mass is 292 g/mol. The summed E-state index contributed by atoms with van der Waals surface area (Å²) in [5.41, 5.74) is 12.6. The van der Waals surface area contributed by atoms with Crippen LogP contribution in [0.4, 0.5) is 5.69 Å². The Morgan fingerprint density at radius 2 is 1.82 bits per heavy atom. The molecule has 0 spiro atoms. The summed E-state index contributed by atoms with van der Waals surface area (Å²) in [6, 6.07) is 16.6. The highest BCUT2D eigenvalue weighted by molar-refractivity contribution is 6.04. The average molecular weight is 292 g/mol. The molecule has 0 amide bonds. The fourth-order valence-electron chi connectivity index (χ4n) is 2.54. The van der Waals surface area contributed by atoms with Crippen molar-refractivity contribution in [1.29, 1.82) is 0 Å². The molecule has 22 heavy (non-hydrogen) atoms. The lowest BCUT2D eigenvalue weighted by Gasteiger charge is -2.14. The van der Waals surface area contributed by atoms with Gasteiger partial charge >= 0.3 is 0 Å². The van der Waals surface area contributed by atoms with Crippen LogP contribution in [-0.4, -0.2) is 12.8 Å². The topological polar surface area (TPSA) is 38.4 Å². The molecule has 114 valence electrons. The summed E-state index contributed by atoms with van der Waals surface area (Å²) in [6.45, 7) is 6.43. The number of rotatable bonds is 4. The van der Waals surface area contributed by atoms with Gasteiger partial charge in [-0.15, -0.1) is 0 Å². The van der Waals surface area contributed by atoms with Crippen LogP contribution in [0.1, 0.15) is 36.5 Å². The van der Waals surface area contributed by atoms with Gasteiger partial charge in [0, 0.05) is 24.4 Å². The van der Waals surface area contributed by atoms with Gasteiger partial charge < -0.3 is 5.73 Å². The summed E-state index contributed by atoms with van der Waals surface area (Å²) < 4.78 is 0. The van der Waals surface area contributed by atoms with Crippen molar-refractivity contribution in [3.63, 3.8) is 0 Å². The van der Waals surface area contributed by atoms with Crippen molar-refractivity contribution in [2.75, 3.05) is 12.8 Å². The first-order chi connectivity index (χ1) is 10.5. The summed E-state index contributed by atoms with van der Waals surface area (Å²) >= 11 is 0. The molecule has 0 fully saturated rings. The molecule has 0 saturated carbocycles. The smallest absolute Gasteiger partial charge is 0.0419 e. The number of hydrogen-bond acceptors (Lipinski definition) is 2. The molecular formula is C20H24N2. The highest BCUT2D eigenvalue weighted by Crippen LogP contribution is 2.22. The average Bonchev–Trinajstić information content (AvgIpc) is 2.52. The number of nitrogen functional groups attached to an aromatic ring is 1. The lowest BCUT2D eigenvalue weighted by Crippen LogP contribution is -2.07. The van der Waals surface area contributed by atoms with Crippen molar-refractivity contribution in [3.05, 3.63) is 71.3 Å². The van der Waals surface area contributed by atoms with Crippen LogP contribution in [0.15, 0.2) is 59.6 Å². The van der Waals surface area contributed by atoms with Crippen LogP contribution >= 0.6 is 0 Å². The number of nitrogens with two attached hydrogens (primary N) is 1. The second-order valence-electron chi connectivity index (χ2n) is 5.73. The second kappa shape index (κ2) is 7.08. The van der Waals surface area contributed by atoms with Crippen molar-refractivity contribution >= 4 is 17.0 Å². The minimum absolute atomic E-state index is 0.272. The van der Waals surface area contributed by atoms with Crippen LogP contribution in [0, 0.1) is 6.92 Å². The Kier molecular flexibility index (Phi) is 5.16. The van der Waals surface area contributed by atoms with E-state index in [-0.39, 0.29) is 5.92 Å². The zero-order valence-electron chi connectivity index (χ0n) is 13.8. The first kappa shape index (κ1) is 16.0. The minimum Gasteiger partial charge on any atom is -0.399 e. The Morgan fingerprint density at radius 3 is 2.41 bits per heavy atom. The van der Waals surface area contributed by atoms with E-state index < -0.39 is 0 Å². The SMILES string of the molecule is CN=C(/C=C(\C)c1ccc(N)cc1)C(C)c1cccc(C)c1. The number of nitrogens with zero attached hydrogens (tertiary/aromatic N) is 1. The zero-order chi connectivity index (χ0) is 16.1. The highest BCUT2D eigenvalue weighted by Gasteiger charge is 2.11. The van der Waals surface area contributed by atoms with Gasteiger partial charge in [0.2, 0.25) is 0 Å². The fourth-order valence-corrected chi connectivity index (χ4v) is 2.54. The predicted molar refractivity (Wildman–Crippen MR) is 97.5 cm³/mol. The molecule has 0 aromatic heterocycles. The minimum atomic E-state index is 0.272. The Bertz CT molecular complexity index is 694. The molecule has 1 unspecified atom stereocenters. The molecule has 2 aromatic rings. The van der Waals surface area contributed by atoms with Crippen molar-refractivity contribution in [3.8, 4) is 0 Å². The van der Waals surface area contributed by atoms with E-state index in [0.29, 0.717) is 0 Å². The van der Waals surface area contributed by atoms with Gasteiger partial charge in [0.25, 0.3) is 0 Å². The van der Waals surface area contributed by atoms with Gasteiger partial charge in [-0.2, -0.15) is 0 Å². The van der Waals surface area contributed by atoms with E-state index in [1.165, 1.54) is 22.3 Å². The van der Waals surface area contributed by atoms with Gasteiger partial charge in [0.15, 0.2) is 0 Å². The lowest BCUT2D eigenvalue weighted by molar-refractivity contribution is 1.01. The van der Waals surface area contributed by atoms with Crippen LogP contribution in [0.5, 0.6) is 0 Å². The molecule has 0 radical (unpaired) electrons. The summed E-state index contributed by atoms with van der Waals surface area (Å²) in [6.07, 6.45) is 2.17. The van der Waals surface area contributed by atoms with Crippen molar-refractivity contribution in [2.45, 2.75) is 26.7 Å². The van der Waals surface area contributed by atoms with Crippen LogP contribution in [0.2, 0.25) is 0 Å². The van der Waals surface area contributed by atoms with E-state index in [1.54, 1.807) is 0 Å². The Hall–Kier alpha value is -2.35. The van der Waals surface area contributed by atoms with Crippen molar-refractivity contribution in [2.24, 2.45) is 4.99 Å². The molecule has 2 heteroatoms. The molecule has 0 saturated heterocycles. The molecule has 2 nitrogen and oxygen atoms in total.